The molecular weight excluding hydrogens is 219 g/mol. The van der Waals surface area contributed by atoms with E-state index in [4.69, 9.17) is 4.74 Å². The molecule has 3 heteroatoms. The fourth-order valence-electron chi connectivity index (χ4n) is 2.07. The molecule has 0 radical (unpaired) electrons. The number of rotatable bonds is 5. The zero-order valence-electron chi connectivity index (χ0n) is 10.8. The van der Waals surface area contributed by atoms with Crippen LogP contribution >= 0.6 is 0 Å². The molecule has 0 saturated carbocycles. The first-order chi connectivity index (χ1) is 8.01. The Labute approximate surface area is 102 Å². The van der Waals surface area contributed by atoms with E-state index in [2.05, 4.69) is 0 Å². The third kappa shape index (κ3) is 3.05. The van der Waals surface area contributed by atoms with Crippen molar-refractivity contribution in [2.45, 2.75) is 33.1 Å². The zero-order chi connectivity index (χ0) is 13.0. The molecule has 0 aliphatic rings. The minimum atomic E-state index is -0.338. The second-order valence-electron chi connectivity index (χ2n) is 4.43. The Balaban J connectivity index is 3.26. The molecule has 0 aromatic heterocycles. The van der Waals surface area contributed by atoms with Gasteiger partial charge in [0.25, 0.3) is 0 Å². The second-order valence-corrected chi connectivity index (χ2v) is 4.43. The van der Waals surface area contributed by atoms with Crippen molar-refractivity contribution >= 4 is 5.78 Å². The first-order valence-electron chi connectivity index (χ1n) is 5.87. The maximum atomic E-state index is 13.3. The Bertz CT molecular complexity index is 399. The largest absolute Gasteiger partial charge is 0.496 e. The van der Waals surface area contributed by atoms with E-state index in [1.54, 1.807) is 6.07 Å². The molecule has 0 heterocycles. The van der Waals surface area contributed by atoms with Gasteiger partial charge < -0.3 is 4.74 Å². The van der Waals surface area contributed by atoms with E-state index >= 15 is 0 Å². The summed E-state index contributed by atoms with van der Waals surface area (Å²) in [4.78, 5) is 12.0. The van der Waals surface area contributed by atoms with Gasteiger partial charge in [-0.15, -0.1) is 0 Å². The highest BCUT2D eigenvalue weighted by Crippen LogP contribution is 2.33. The van der Waals surface area contributed by atoms with Crippen molar-refractivity contribution < 1.29 is 13.9 Å². The lowest BCUT2D eigenvalue weighted by Crippen LogP contribution is -2.18. The molecule has 0 fully saturated rings. The molecule has 17 heavy (non-hydrogen) atoms. The molecule has 1 atom stereocenters. The van der Waals surface area contributed by atoms with Crippen molar-refractivity contribution in [1.82, 2.24) is 0 Å². The molecule has 94 valence electrons. The van der Waals surface area contributed by atoms with Gasteiger partial charge in [0.05, 0.1) is 7.11 Å². The minimum Gasteiger partial charge on any atom is -0.496 e. The van der Waals surface area contributed by atoms with Crippen molar-refractivity contribution in [3.05, 3.63) is 29.6 Å². The predicted octanol–water partition coefficient (Wildman–Crippen LogP) is 3.55. The highest BCUT2D eigenvalue weighted by atomic mass is 19.1. The van der Waals surface area contributed by atoms with E-state index in [1.165, 1.54) is 19.2 Å². The monoisotopic (exact) mass is 238 g/mol. The van der Waals surface area contributed by atoms with Gasteiger partial charge in [0.2, 0.25) is 0 Å². The number of ketones is 1. The highest BCUT2D eigenvalue weighted by Gasteiger charge is 2.26. The summed E-state index contributed by atoms with van der Waals surface area (Å²) in [5, 5.41) is 0. The van der Waals surface area contributed by atoms with Gasteiger partial charge in [0.1, 0.15) is 17.3 Å². The van der Waals surface area contributed by atoms with Crippen molar-refractivity contribution in [2.75, 3.05) is 7.11 Å². The molecule has 0 aliphatic carbocycles. The van der Waals surface area contributed by atoms with E-state index in [0.29, 0.717) is 17.7 Å². The molecule has 0 N–H and O–H groups in total. The summed E-state index contributed by atoms with van der Waals surface area (Å²) in [6, 6.07) is 4.32. The van der Waals surface area contributed by atoms with Gasteiger partial charge in [-0.2, -0.15) is 0 Å². The second kappa shape index (κ2) is 5.80. The molecule has 0 amide bonds. The number of Topliss-reactive ketones (excluding diaryl/α,β-unsaturated/α-hetero) is 1. The molecule has 0 bridgehead atoms. The Morgan fingerprint density at radius 2 is 2.06 bits per heavy atom. The number of halogens is 1. The molecule has 0 saturated heterocycles. The molecule has 1 rings (SSSR count). The van der Waals surface area contributed by atoms with Crippen LogP contribution in [-0.4, -0.2) is 12.9 Å². The average Bonchev–Trinajstić information content (AvgIpc) is 2.29. The summed E-state index contributed by atoms with van der Waals surface area (Å²) in [5.74, 6) is 0.176. The van der Waals surface area contributed by atoms with Gasteiger partial charge in [0, 0.05) is 17.9 Å². The van der Waals surface area contributed by atoms with Crippen LogP contribution in [0.4, 0.5) is 4.39 Å². The minimum absolute atomic E-state index is 0.115. The number of methoxy groups -OCH3 is 1. The van der Waals surface area contributed by atoms with Gasteiger partial charge in [0.15, 0.2) is 0 Å². The summed E-state index contributed by atoms with van der Waals surface area (Å²) >= 11 is 0. The predicted molar refractivity (Wildman–Crippen MR) is 65.8 cm³/mol. The van der Waals surface area contributed by atoms with Crippen LogP contribution < -0.4 is 4.74 Å². The molecule has 1 aromatic carbocycles. The van der Waals surface area contributed by atoms with E-state index in [0.717, 1.165) is 0 Å². The van der Waals surface area contributed by atoms with Crippen LogP contribution in [0.25, 0.3) is 0 Å². The lowest BCUT2D eigenvalue weighted by Gasteiger charge is -2.21. The van der Waals surface area contributed by atoms with Crippen LogP contribution in [0.2, 0.25) is 0 Å². The van der Waals surface area contributed by atoms with Crippen molar-refractivity contribution in [2.24, 2.45) is 5.92 Å². The lowest BCUT2D eigenvalue weighted by molar-refractivity contribution is -0.121. The average molecular weight is 238 g/mol. The Morgan fingerprint density at radius 3 is 2.53 bits per heavy atom. The topological polar surface area (TPSA) is 26.3 Å². The van der Waals surface area contributed by atoms with Crippen LogP contribution in [-0.2, 0) is 4.79 Å². The number of carbonyl (C=O) groups excluding carboxylic acids is 1. The first kappa shape index (κ1) is 13.7. The van der Waals surface area contributed by atoms with Crippen LogP contribution in [0.1, 0.15) is 38.7 Å². The molecule has 0 spiro atoms. The van der Waals surface area contributed by atoms with E-state index in [9.17, 15) is 9.18 Å². The summed E-state index contributed by atoms with van der Waals surface area (Å²) in [6.45, 7) is 5.74. The van der Waals surface area contributed by atoms with E-state index < -0.39 is 0 Å². The van der Waals surface area contributed by atoms with E-state index in [1.807, 2.05) is 20.8 Å². The molecule has 1 aromatic rings. The number of benzene rings is 1. The van der Waals surface area contributed by atoms with Crippen molar-refractivity contribution in [1.29, 1.82) is 0 Å². The van der Waals surface area contributed by atoms with Crippen LogP contribution in [0, 0.1) is 11.7 Å². The van der Waals surface area contributed by atoms with Gasteiger partial charge >= 0.3 is 0 Å². The quantitative estimate of drug-likeness (QED) is 0.784. The Hall–Kier alpha value is -1.38. The number of hydrogen-bond donors (Lipinski definition) is 0. The normalized spacial score (nSPS) is 12.6. The van der Waals surface area contributed by atoms with Crippen molar-refractivity contribution in [3.8, 4) is 5.75 Å². The SMILES string of the molecule is CCC(=O)C(c1cc(F)ccc1OC)C(C)C. The molecule has 0 aliphatic heterocycles. The van der Waals surface area contributed by atoms with Gasteiger partial charge in [-0.05, 0) is 24.1 Å². The summed E-state index contributed by atoms with van der Waals surface area (Å²) in [7, 11) is 1.53. The fraction of sp³-hybridized carbons (Fsp3) is 0.500. The van der Waals surface area contributed by atoms with Crippen molar-refractivity contribution in [3.63, 3.8) is 0 Å². The summed E-state index contributed by atoms with van der Waals surface area (Å²) in [6.07, 6.45) is 0.447. The third-order valence-electron chi connectivity index (χ3n) is 2.89. The van der Waals surface area contributed by atoms with Gasteiger partial charge in [-0.3, -0.25) is 4.79 Å². The van der Waals surface area contributed by atoms with Crippen LogP contribution in [0.15, 0.2) is 18.2 Å². The van der Waals surface area contributed by atoms with Crippen LogP contribution in [0.3, 0.4) is 0 Å². The van der Waals surface area contributed by atoms with E-state index in [-0.39, 0.29) is 23.4 Å². The number of carbonyl (C=O) groups is 1. The number of hydrogen-bond acceptors (Lipinski definition) is 2. The van der Waals surface area contributed by atoms with Gasteiger partial charge in [-0.25, -0.2) is 4.39 Å². The maximum absolute atomic E-state index is 13.3. The Kier molecular flexibility index (Phi) is 4.67. The zero-order valence-corrected chi connectivity index (χ0v) is 10.8. The standard InChI is InChI=1S/C14H19FO2/c1-5-12(16)14(9(2)3)11-8-10(15)6-7-13(11)17-4/h6-9,14H,5H2,1-4H3. The smallest absolute Gasteiger partial charge is 0.140 e. The fourth-order valence-corrected chi connectivity index (χ4v) is 2.07. The number of ether oxygens (including phenoxy) is 1. The van der Waals surface area contributed by atoms with Gasteiger partial charge in [-0.1, -0.05) is 20.8 Å². The first-order valence-corrected chi connectivity index (χ1v) is 5.87. The van der Waals surface area contributed by atoms with Crippen LogP contribution in [0.5, 0.6) is 5.75 Å². The lowest BCUT2D eigenvalue weighted by atomic mass is 9.83. The summed E-state index contributed by atoms with van der Waals surface area (Å²) in [5.41, 5.74) is 0.648. The molecule has 2 nitrogen and oxygen atoms in total. The molecule has 1 unspecified atom stereocenters. The third-order valence-corrected chi connectivity index (χ3v) is 2.89. The maximum Gasteiger partial charge on any atom is 0.140 e. The highest BCUT2D eigenvalue weighted by molar-refractivity contribution is 5.86. The Morgan fingerprint density at radius 1 is 1.41 bits per heavy atom. The summed E-state index contributed by atoms with van der Waals surface area (Å²) < 4.78 is 18.5. The molecular formula is C14H19FO2.